The highest BCUT2D eigenvalue weighted by molar-refractivity contribution is 5.94. The number of carbonyl (C=O) groups excluding carboxylic acids is 4. The summed E-state index contributed by atoms with van der Waals surface area (Å²) in [6.07, 6.45) is 1.07. The Morgan fingerprint density at radius 2 is 1.22 bits per heavy atom. The number of hydrogen-bond acceptors (Lipinski definition) is 9. The van der Waals surface area contributed by atoms with Gasteiger partial charge in [0, 0.05) is 6.08 Å². The van der Waals surface area contributed by atoms with Crippen molar-refractivity contribution in [3.05, 3.63) is 110 Å². The van der Waals surface area contributed by atoms with Gasteiger partial charge in [-0.3, -0.25) is 0 Å². The summed E-state index contributed by atoms with van der Waals surface area (Å²) < 4.78 is 51.4. The second-order valence-corrected chi connectivity index (χ2v) is 7.91. The zero-order valence-electron chi connectivity index (χ0n) is 21.4. The van der Waals surface area contributed by atoms with Gasteiger partial charge < -0.3 is 23.7 Å². The first-order valence-electron chi connectivity index (χ1n) is 11.7. The first kappa shape index (κ1) is 30.0. The average Bonchev–Trinajstić information content (AvgIpc) is 2.96. The Kier molecular flexibility index (Phi) is 10.2. The van der Waals surface area contributed by atoms with Crippen molar-refractivity contribution in [2.75, 3.05) is 13.2 Å². The molecule has 9 nitrogen and oxygen atoms in total. The zero-order chi connectivity index (χ0) is 29.9. The molecule has 210 valence electrons. The van der Waals surface area contributed by atoms with E-state index < -0.39 is 47.0 Å². The molecule has 0 aliphatic carbocycles. The zero-order valence-corrected chi connectivity index (χ0v) is 21.4. The van der Waals surface area contributed by atoms with E-state index in [-0.39, 0.29) is 24.5 Å². The van der Waals surface area contributed by atoms with E-state index in [9.17, 15) is 28.0 Å². The maximum Gasteiger partial charge on any atom is 0.372 e. The van der Waals surface area contributed by atoms with Crippen molar-refractivity contribution in [1.29, 1.82) is 0 Å². The molecule has 3 aromatic rings. The SMILES string of the molecule is C=CC(=O)OCCOc1ccc(-c2ccc(OC(=O)c3ccc(OC(=O)C(=C)F)c(OC(=O)C(=C)F)c3)cc2)cc1. The Labute approximate surface area is 232 Å². The third-order valence-electron chi connectivity index (χ3n) is 5.04. The topological polar surface area (TPSA) is 114 Å². The van der Waals surface area contributed by atoms with E-state index in [1.54, 1.807) is 36.4 Å². The van der Waals surface area contributed by atoms with Crippen molar-refractivity contribution in [2.24, 2.45) is 0 Å². The lowest BCUT2D eigenvalue weighted by Gasteiger charge is -2.11. The van der Waals surface area contributed by atoms with Gasteiger partial charge in [0.25, 0.3) is 0 Å². The van der Waals surface area contributed by atoms with Gasteiger partial charge in [0.1, 0.15) is 24.7 Å². The van der Waals surface area contributed by atoms with Crippen LogP contribution in [0.15, 0.2) is 104 Å². The molecule has 11 heteroatoms. The summed E-state index contributed by atoms with van der Waals surface area (Å²) in [7, 11) is 0. The van der Waals surface area contributed by atoms with Gasteiger partial charge in [-0.15, -0.1) is 0 Å². The number of carbonyl (C=O) groups is 4. The third-order valence-corrected chi connectivity index (χ3v) is 5.04. The highest BCUT2D eigenvalue weighted by atomic mass is 19.1. The summed E-state index contributed by atoms with van der Waals surface area (Å²) in [5, 5.41) is 0. The number of esters is 4. The van der Waals surface area contributed by atoms with Crippen LogP contribution in [0.25, 0.3) is 11.1 Å². The van der Waals surface area contributed by atoms with Crippen molar-refractivity contribution in [1.82, 2.24) is 0 Å². The normalized spacial score (nSPS) is 10.1. The first-order valence-corrected chi connectivity index (χ1v) is 11.7. The lowest BCUT2D eigenvalue weighted by atomic mass is 10.1. The van der Waals surface area contributed by atoms with Crippen LogP contribution < -0.4 is 18.9 Å². The average molecular weight is 564 g/mol. The molecule has 0 spiro atoms. The predicted octanol–water partition coefficient (Wildman–Crippen LogP) is 5.46. The largest absolute Gasteiger partial charge is 0.490 e. The molecule has 0 aromatic heterocycles. The van der Waals surface area contributed by atoms with E-state index in [1.807, 2.05) is 12.1 Å². The molecule has 0 N–H and O–H groups in total. The number of hydrogen-bond donors (Lipinski definition) is 0. The van der Waals surface area contributed by atoms with Gasteiger partial charge in [-0.2, -0.15) is 8.78 Å². The Morgan fingerprint density at radius 1 is 0.683 bits per heavy atom. The maximum absolute atomic E-state index is 13.2. The Morgan fingerprint density at radius 3 is 1.76 bits per heavy atom. The molecule has 0 unspecified atom stereocenters. The second kappa shape index (κ2) is 14.0. The van der Waals surface area contributed by atoms with Crippen LogP contribution in [0.5, 0.6) is 23.0 Å². The van der Waals surface area contributed by atoms with Crippen LogP contribution in [0.2, 0.25) is 0 Å². The third kappa shape index (κ3) is 8.72. The van der Waals surface area contributed by atoms with E-state index in [1.165, 1.54) is 0 Å². The molecule has 3 aromatic carbocycles. The first-order chi connectivity index (χ1) is 19.6. The number of halogens is 2. The van der Waals surface area contributed by atoms with Crippen LogP contribution in [0.3, 0.4) is 0 Å². The molecule has 0 aliphatic rings. The summed E-state index contributed by atoms with van der Waals surface area (Å²) in [5.74, 6) is -7.59. The second-order valence-electron chi connectivity index (χ2n) is 7.91. The molecular weight excluding hydrogens is 542 g/mol. The van der Waals surface area contributed by atoms with E-state index in [0.29, 0.717) is 5.75 Å². The number of ether oxygens (including phenoxy) is 5. The Bertz CT molecular complexity index is 1490. The minimum absolute atomic E-state index is 0.0829. The Balaban J connectivity index is 1.67. The highest BCUT2D eigenvalue weighted by Crippen LogP contribution is 2.31. The fourth-order valence-electron chi connectivity index (χ4n) is 3.10. The molecular formula is C30H22F2O9. The summed E-state index contributed by atoms with van der Waals surface area (Å²) in [5.41, 5.74) is 1.49. The minimum atomic E-state index is -1.52. The minimum Gasteiger partial charge on any atom is -0.490 e. The van der Waals surface area contributed by atoms with E-state index >= 15 is 0 Å². The molecule has 0 saturated carbocycles. The standard InChI is InChI=1S/C30H22F2O9/c1-4-27(33)38-16-15-37-23-10-5-20(6-11-23)21-7-12-24(13-8-21)39-30(36)22-9-14-25(40-28(34)18(2)31)26(17-22)41-29(35)19(3)32/h4-14,17H,1-3,15-16H2. The van der Waals surface area contributed by atoms with Crippen LogP contribution in [0.1, 0.15) is 10.4 Å². The number of benzene rings is 3. The van der Waals surface area contributed by atoms with Crippen molar-refractivity contribution < 1.29 is 51.6 Å². The molecule has 41 heavy (non-hydrogen) atoms. The van der Waals surface area contributed by atoms with Gasteiger partial charge in [-0.1, -0.05) is 44.0 Å². The Hall–Kier alpha value is -5.58. The quantitative estimate of drug-likeness (QED) is 0.122. The van der Waals surface area contributed by atoms with Gasteiger partial charge >= 0.3 is 23.9 Å². The van der Waals surface area contributed by atoms with Crippen LogP contribution >= 0.6 is 0 Å². The smallest absolute Gasteiger partial charge is 0.372 e. The van der Waals surface area contributed by atoms with Gasteiger partial charge in [-0.25, -0.2) is 19.2 Å². The lowest BCUT2D eigenvalue weighted by Crippen LogP contribution is -2.14. The van der Waals surface area contributed by atoms with Crippen LogP contribution in [-0.4, -0.2) is 37.1 Å². The molecule has 0 aliphatic heterocycles. The van der Waals surface area contributed by atoms with E-state index in [2.05, 4.69) is 19.7 Å². The van der Waals surface area contributed by atoms with Crippen molar-refractivity contribution >= 4 is 23.9 Å². The molecule has 3 rings (SSSR count). The highest BCUT2D eigenvalue weighted by Gasteiger charge is 2.20. The van der Waals surface area contributed by atoms with Gasteiger partial charge in [-0.05, 0) is 53.6 Å². The molecule has 0 atom stereocenters. The molecule has 0 fully saturated rings. The van der Waals surface area contributed by atoms with E-state index in [4.69, 9.17) is 23.7 Å². The summed E-state index contributed by atoms with van der Waals surface area (Å²) in [6.45, 7) is 9.16. The summed E-state index contributed by atoms with van der Waals surface area (Å²) in [4.78, 5) is 46.9. The predicted molar refractivity (Wildman–Crippen MR) is 142 cm³/mol. The lowest BCUT2D eigenvalue weighted by molar-refractivity contribution is -0.138. The van der Waals surface area contributed by atoms with Crippen LogP contribution in [-0.2, 0) is 19.1 Å². The van der Waals surface area contributed by atoms with E-state index in [0.717, 1.165) is 35.4 Å². The summed E-state index contributed by atoms with van der Waals surface area (Å²) >= 11 is 0. The van der Waals surface area contributed by atoms with Crippen LogP contribution in [0, 0.1) is 0 Å². The summed E-state index contributed by atoms with van der Waals surface area (Å²) in [6, 6.07) is 16.8. The van der Waals surface area contributed by atoms with Crippen molar-refractivity contribution in [3.63, 3.8) is 0 Å². The van der Waals surface area contributed by atoms with Gasteiger partial charge in [0.15, 0.2) is 11.5 Å². The van der Waals surface area contributed by atoms with Crippen LogP contribution in [0.4, 0.5) is 8.78 Å². The fraction of sp³-hybridized carbons (Fsp3) is 0.0667. The monoisotopic (exact) mass is 564 g/mol. The molecule has 0 heterocycles. The maximum atomic E-state index is 13.2. The molecule has 0 saturated heterocycles. The van der Waals surface area contributed by atoms with Gasteiger partial charge in [0.05, 0.1) is 5.56 Å². The fourth-order valence-corrected chi connectivity index (χ4v) is 3.10. The molecule has 0 radical (unpaired) electrons. The molecule has 0 amide bonds. The molecule has 0 bridgehead atoms. The van der Waals surface area contributed by atoms with Crippen molar-refractivity contribution in [3.8, 4) is 34.1 Å². The van der Waals surface area contributed by atoms with Crippen molar-refractivity contribution in [2.45, 2.75) is 0 Å². The van der Waals surface area contributed by atoms with Gasteiger partial charge in [0.2, 0.25) is 11.7 Å². The number of rotatable bonds is 12.